The average Bonchev–Trinajstić information content (AvgIpc) is 2.98. The molecule has 1 aliphatic heterocycles. The lowest BCUT2D eigenvalue weighted by Crippen LogP contribution is -2.36. The van der Waals surface area contributed by atoms with Gasteiger partial charge in [-0.25, -0.2) is 4.39 Å². The van der Waals surface area contributed by atoms with Crippen LogP contribution in [0, 0.1) is 17.1 Å². The Labute approximate surface area is 246 Å². The first-order chi connectivity index (χ1) is 20.4. The van der Waals surface area contributed by atoms with Crippen molar-refractivity contribution in [2.24, 2.45) is 0 Å². The Morgan fingerprint density at radius 3 is 2.81 bits per heavy atom. The third-order valence-electron chi connectivity index (χ3n) is 6.58. The van der Waals surface area contributed by atoms with Gasteiger partial charge in [-0.3, -0.25) is 14.7 Å². The lowest BCUT2D eigenvalue weighted by molar-refractivity contribution is -0.111. The number of halogens is 2. The number of morpholine rings is 1. The molecule has 0 bridgehead atoms. The number of ether oxygens (including phenoxy) is 2. The van der Waals surface area contributed by atoms with Gasteiger partial charge in [-0.05, 0) is 42.0 Å². The molecule has 0 spiro atoms. The highest BCUT2D eigenvalue weighted by Crippen LogP contribution is 2.37. The molecule has 4 aromatic rings. The van der Waals surface area contributed by atoms with Crippen molar-refractivity contribution >= 4 is 45.5 Å². The summed E-state index contributed by atoms with van der Waals surface area (Å²) < 4.78 is 24.6. The van der Waals surface area contributed by atoms with Crippen molar-refractivity contribution in [1.82, 2.24) is 9.88 Å². The number of fused-ring (bicyclic) bond motifs is 1. The summed E-state index contributed by atoms with van der Waals surface area (Å²) in [6, 6.07) is 16.2. The van der Waals surface area contributed by atoms with Gasteiger partial charge in [-0.15, -0.1) is 0 Å². The van der Waals surface area contributed by atoms with Crippen LogP contribution < -0.4 is 15.4 Å². The van der Waals surface area contributed by atoms with Crippen molar-refractivity contribution in [1.29, 1.82) is 5.26 Å². The standard InChI is InChI=1S/C31H27ClFN5O4/c32-25-14-23(6-7-29(25)42-19-20-3-1-4-22(33)13-20)36-31-21(17-34)18-35-26-16-28(39)27(15-24(26)31)37-30(40)5-2-8-38-9-11-41-12-10-38/h1-7,13-16,18,39H,8-12,19H2,(H,35,36)(H,37,40)/b5-2+. The topological polar surface area (TPSA) is 120 Å². The molecule has 9 nitrogen and oxygen atoms in total. The molecule has 0 atom stereocenters. The number of hydrogen-bond donors (Lipinski definition) is 3. The third kappa shape index (κ3) is 7.14. The summed E-state index contributed by atoms with van der Waals surface area (Å²) in [5.41, 5.74) is 2.48. The molecule has 1 fully saturated rings. The van der Waals surface area contributed by atoms with Crippen molar-refractivity contribution in [3.63, 3.8) is 0 Å². The maximum absolute atomic E-state index is 13.5. The molecule has 5 rings (SSSR count). The summed E-state index contributed by atoms with van der Waals surface area (Å²) in [6.07, 6.45) is 4.58. The molecule has 0 aliphatic carbocycles. The Hall–Kier alpha value is -4.69. The molecule has 3 N–H and O–H groups in total. The minimum atomic E-state index is -0.405. The normalized spacial score (nSPS) is 13.6. The molecule has 0 saturated carbocycles. The maximum Gasteiger partial charge on any atom is 0.248 e. The summed E-state index contributed by atoms with van der Waals surface area (Å²) in [5.74, 6) is -0.514. The second-order valence-electron chi connectivity index (χ2n) is 9.54. The molecule has 214 valence electrons. The number of hydrogen-bond acceptors (Lipinski definition) is 8. The first kappa shape index (κ1) is 28.8. The summed E-state index contributed by atoms with van der Waals surface area (Å²) >= 11 is 6.47. The fraction of sp³-hybridized carbons (Fsp3) is 0.194. The van der Waals surface area contributed by atoms with Crippen molar-refractivity contribution in [2.75, 3.05) is 43.5 Å². The highest BCUT2D eigenvalue weighted by molar-refractivity contribution is 6.32. The Morgan fingerprint density at radius 2 is 2.05 bits per heavy atom. The van der Waals surface area contributed by atoms with Crippen LogP contribution in [-0.4, -0.2) is 53.7 Å². The predicted octanol–water partition coefficient (Wildman–Crippen LogP) is 5.75. The van der Waals surface area contributed by atoms with E-state index in [0.717, 1.165) is 13.1 Å². The first-order valence-corrected chi connectivity index (χ1v) is 13.5. The number of phenols is 1. The summed E-state index contributed by atoms with van der Waals surface area (Å²) in [5, 5.41) is 27.1. The van der Waals surface area contributed by atoms with Gasteiger partial charge in [0.2, 0.25) is 5.91 Å². The van der Waals surface area contributed by atoms with E-state index in [2.05, 4.69) is 26.6 Å². The average molecular weight is 588 g/mol. The second-order valence-corrected chi connectivity index (χ2v) is 9.95. The summed E-state index contributed by atoms with van der Waals surface area (Å²) in [4.78, 5) is 19.1. The molecule has 0 radical (unpaired) electrons. The van der Waals surface area contributed by atoms with Gasteiger partial charge in [0, 0.05) is 49.0 Å². The zero-order valence-electron chi connectivity index (χ0n) is 22.4. The molecule has 2 heterocycles. The highest BCUT2D eigenvalue weighted by Gasteiger charge is 2.15. The predicted molar refractivity (Wildman–Crippen MR) is 159 cm³/mol. The minimum Gasteiger partial charge on any atom is -0.506 e. The van der Waals surface area contributed by atoms with E-state index in [0.29, 0.717) is 58.4 Å². The zero-order chi connectivity index (χ0) is 29.5. The fourth-order valence-electron chi connectivity index (χ4n) is 4.44. The van der Waals surface area contributed by atoms with Crippen LogP contribution in [0.1, 0.15) is 11.1 Å². The molecule has 0 unspecified atom stereocenters. The number of phenolic OH excluding ortho intramolecular Hbond substituents is 1. The van der Waals surface area contributed by atoms with Crippen LogP contribution in [0.25, 0.3) is 10.9 Å². The fourth-order valence-corrected chi connectivity index (χ4v) is 4.68. The SMILES string of the molecule is N#Cc1cnc2cc(O)c(NC(=O)/C=C/CN3CCOCC3)cc2c1Nc1ccc(OCc2cccc(F)c2)c(Cl)c1. The molecule has 42 heavy (non-hydrogen) atoms. The highest BCUT2D eigenvalue weighted by atomic mass is 35.5. The van der Waals surface area contributed by atoms with Crippen LogP contribution >= 0.6 is 11.6 Å². The van der Waals surface area contributed by atoms with Crippen LogP contribution in [0.5, 0.6) is 11.5 Å². The van der Waals surface area contributed by atoms with E-state index in [9.17, 15) is 19.6 Å². The molecule has 1 saturated heterocycles. The number of nitrogens with zero attached hydrogens (tertiary/aromatic N) is 3. The number of carbonyl (C=O) groups is 1. The van der Waals surface area contributed by atoms with Gasteiger partial charge in [0.25, 0.3) is 0 Å². The van der Waals surface area contributed by atoms with Gasteiger partial charge in [-0.1, -0.05) is 29.8 Å². The number of aromatic nitrogens is 1. The van der Waals surface area contributed by atoms with Crippen LogP contribution in [0.15, 0.2) is 72.9 Å². The summed E-state index contributed by atoms with van der Waals surface area (Å²) in [6.45, 7) is 3.69. The van der Waals surface area contributed by atoms with Crippen LogP contribution in [0.3, 0.4) is 0 Å². The zero-order valence-corrected chi connectivity index (χ0v) is 23.2. The largest absolute Gasteiger partial charge is 0.506 e. The Balaban J connectivity index is 1.34. The van der Waals surface area contributed by atoms with E-state index in [-0.39, 0.29) is 29.4 Å². The van der Waals surface area contributed by atoms with Crippen LogP contribution in [0.2, 0.25) is 5.02 Å². The maximum atomic E-state index is 13.5. The van der Waals surface area contributed by atoms with Gasteiger partial charge < -0.3 is 25.2 Å². The third-order valence-corrected chi connectivity index (χ3v) is 6.88. The van der Waals surface area contributed by atoms with E-state index < -0.39 is 5.91 Å². The Bertz CT molecular complexity index is 1680. The van der Waals surface area contributed by atoms with Crippen molar-refractivity contribution in [3.05, 3.63) is 94.9 Å². The van der Waals surface area contributed by atoms with Gasteiger partial charge in [0.15, 0.2) is 0 Å². The van der Waals surface area contributed by atoms with Crippen molar-refractivity contribution in [2.45, 2.75) is 6.61 Å². The smallest absolute Gasteiger partial charge is 0.248 e. The molecular weight excluding hydrogens is 561 g/mol. The molecule has 11 heteroatoms. The van der Waals surface area contributed by atoms with Crippen molar-refractivity contribution in [3.8, 4) is 17.6 Å². The van der Waals surface area contributed by atoms with Gasteiger partial charge in [-0.2, -0.15) is 5.26 Å². The number of anilines is 3. The molecule has 1 amide bonds. The first-order valence-electron chi connectivity index (χ1n) is 13.2. The molecule has 1 aromatic heterocycles. The lowest BCUT2D eigenvalue weighted by Gasteiger charge is -2.25. The number of benzene rings is 3. The number of carbonyl (C=O) groups excluding carboxylic acids is 1. The number of nitriles is 1. The molecule has 3 aromatic carbocycles. The Kier molecular flexibility index (Phi) is 9.14. The van der Waals surface area contributed by atoms with Crippen LogP contribution in [-0.2, 0) is 16.1 Å². The molecule has 1 aliphatic rings. The second kappa shape index (κ2) is 13.3. The van der Waals surface area contributed by atoms with Gasteiger partial charge >= 0.3 is 0 Å². The minimum absolute atomic E-state index is 0.137. The van der Waals surface area contributed by atoms with E-state index in [1.807, 2.05) is 0 Å². The summed E-state index contributed by atoms with van der Waals surface area (Å²) in [7, 11) is 0. The van der Waals surface area contributed by atoms with E-state index in [1.165, 1.54) is 30.5 Å². The number of rotatable bonds is 9. The van der Waals surface area contributed by atoms with E-state index in [1.54, 1.807) is 42.5 Å². The monoisotopic (exact) mass is 587 g/mol. The van der Waals surface area contributed by atoms with E-state index >= 15 is 0 Å². The quantitative estimate of drug-likeness (QED) is 0.167. The van der Waals surface area contributed by atoms with Gasteiger partial charge in [0.05, 0.1) is 40.7 Å². The molecular formula is C31H27ClFN5O4. The van der Waals surface area contributed by atoms with E-state index in [4.69, 9.17) is 21.1 Å². The van der Waals surface area contributed by atoms with Gasteiger partial charge in [0.1, 0.15) is 30.0 Å². The lowest BCUT2D eigenvalue weighted by atomic mass is 10.1. The number of aromatic hydroxyl groups is 1. The van der Waals surface area contributed by atoms with Crippen LogP contribution in [0.4, 0.5) is 21.5 Å². The number of nitrogens with one attached hydrogen (secondary N) is 2. The van der Waals surface area contributed by atoms with Crippen molar-refractivity contribution < 1.29 is 23.8 Å². The number of amides is 1. The number of pyridine rings is 1. The Morgan fingerprint density at radius 1 is 1.21 bits per heavy atom.